The zero-order valence-electron chi connectivity index (χ0n) is 9.17. The van der Waals surface area contributed by atoms with E-state index < -0.39 is 0 Å². The molecule has 0 saturated carbocycles. The van der Waals surface area contributed by atoms with Gasteiger partial charge in [0.2, 0.25) is 0 Å². The van der Waals surface area contributed by atoms with Crippen LogP contribution in [0.4, 0.5) is 0 Å². The summed E-state index contributed by atoms with van der Waals surface area (Å²) in [5.41, 5.74) is 6.59. The minimum absolute atomic E-state index is 0.0473. The van der Waals surface area contributed by atoms with Gasteiger partial charge in [-0.15, -0.1) is 0 Å². The Morgan fingerprint density at radius 3 is 2.81 bits per heavy atom. The Morgan fingerprint density at radius 1 is 1.56 bits per heavy atom. The van der Waals surface area contributed by atoms with Crippen molar-refractivity contribution in [1.82, 2.24) is 0 Å². The van der Waals surface area contributed by atoms with Gasteiger partial charge in [0.05, 0.1) is 6.04 Å². The fourth-order valence-electron chi connectivity index (χ4n) is 1.46. The van der Waals surface area contributed by atoms with Crippen molar-refractivity contribution >= 4 is 33.3 Å². The number of nitrogens with two attached hydrogens (primary N) is 1. The van der Waals surface area contributed by atoms with Gasteiger partial charge in [-0.25, -0.2) is 0 Å². The Bertz CT molecular complexity index is 381. The standard InChI is InChI=1S/C12H15BrClNO/c1-2-3-11(15)12(16)6-8-4-5-9(13)7-10(8)14/h4-5,7,11H,2-3,6,15H2,1H3. The molecule has 1 aromatic rings. The van der Waals surface area contributed by atoms with Crippen LogP contribution in [0.15, 0.2) is 22.7 Å². The quantitative estimate of drug-likeness (QED) is 0.906. The Kier molecular flexibility index (Phi) is 5.46. The molecule has 4 heteroatoms. The summed E-state index contributed by atoms with van der Waals surface area (Å²) < 4.78 is 0.909. The summed E-state index contributed by atoms with van der Waals surface area (Å²) in [6.45, 7) is 2.01. The molecule has 88 valence electrons. The molecule has 1 unspecified atom stereocenters. The normalized spacial score (nSPS) is 12.5. The van der Waals surface area contributed by atoms with Gasteiger partial charge >= 0.3 is 0 Å². The molecule has 0 aliphatic heterocycles. The number of Topliss-reactive ketones (excluding diaryl/α,β-unsaturated/α-hetero) is 1. The number of hydrogen-bond acceptors (Lipinski definition) is 2. The predicted octanol–water partition coefficient (Wildman–Crippen LogP) is 3.34. The van der Waals surface area contributed by atoms with Gasteiger partial charge < -0.3 is 5.73 Å². The van der Waals surface area contributed by atoms with Crippen molar-refractivity contribution in [3.8, 4) is 0 Å². The van der Waals surface area contributed by atoms with E-state index in [0.717, 1.165) is 22.9 Å². The predicted molar refractivity (Wildman–Crippen MR) is 70.7 cm³/mol. The Balaban J connectivity index is 2.69. The number of carbonyl (C=O) groups excluding carboxylic acids is 1. The second-order valence-corrected chi connectivity index (χ2v) is 5.10. The highest BCUT2D eigenvalue weighted by Gasteiger charge is 2.14. The molecule has 0 heterocycles. The van der Waals surface area contributed by atoms with Crippen LogP contribution in [0.2, 0.25) is 5.02 Å². The van der Waals surface area contributed by atoms with E-state index in [9.17, 15) is 4.79 Å². The van der Waals surface area contributed by atoms with E-state index in [1.807, 2.05) is 19.1 Å². The van der Waals surface area contributed by atoms with Crippen LogP contribution in [0.3, 0.4) is 0 Å². The first-order valence-electron chi connectivity index (χ1n) is 5.26. The van der Waals surface area contributed by atoms with Crippen molar-refractivity contribution in [2.45, 2.75) is 32.2 Å². The van der Waals surface area contributed by atoms with Crippen LogP contribution >= 0.6 is 27.5 Å². The van der Waals surface area contributed by atoms with Crippen LogP contribution in [0.5, 0.6) is 0 Å². The number of rotatable bonds is 5. The van der Waals surface area contributed by atoms with Gasteiger partial charge in [0.25, 0.3) is 0 Å². The van der Waals surface area contributed by atoms with E-state index in [4.69, 9.17) is 17.3 Å². The van der Waals surface area contributed by atoms with Gasteiger partial charge in [-0.05, 0) is 24.1 Å². The smallest absolute Gasteiger partial charge is 0.153 e. The minimum atomic E-state index is -0.371. The molecule has 0 aliphatic rings. The molecular weight excluding hydrogens is 289 g/mol. The number of halogens is 2. The van der Waals surface area contributed by atoms with E-state index in [1.54, 1.807) is 6.07 Å². The maximum Gasteiger partial charge on any atom is 0.153 e. The third-order valence-corrected chi connectivity index (χ3v) is 3.24. The molecule has 1 aromatic carbocycles. The molecule has 0 saturated heterocycles. The van der Waals surface area contributed by atoms with Crippen LogP contribution < -0.4 is 5.73 Å². The summed E-state index contributed by atoms with van der Waals surface area (Å²) in [5, 5.41) is 0.603. The molecule has 0 spiro atoms. The first-order chi connectivity index (χ1) is 7.54. The average Bonchev–Trinajstić information content (AvgIpc) is 2.22. The van der Waals surface area contributed by atoms with Crippen molar-refractivity contribution in [2.24, 2.45) is 5.73 Å². The molecular formula is C12H15BrClNO. The van der Waals surface area contributed by atoms with Crippen molar-refractivity contribution in [1.29, 1.82) is 0 Å². The highest BCUT2D eigenvalue weighted by molar-refractivity contribution is 9.10. The monoisotopic (exact) mass is 303 g/mol. The SMILES string of the molecule is CCCC(N)C(=O)Cc1ccc(Br)cc1Cl. The van der Waals surface area contributed by atoms with E-state index in [0.29, 0.717) is 11.4 Å². The van der Waals surface area contributed by atoms with Gasteiger partial charge in [-0.2, -0.15) is 0 Å². The second kappa shape index (κ2) is 6.38. The highest BCUT2D eigenvalue weighted by atomic mass is 79.9. The van der Waals surface area contributed by atoms with Crippen molar-refractivity contribution < 1.29 is 4.79 Å². The third kappa shape index (κ3) is 3.89. The van der Waals surface area contributed by atoms with Gasteiger partial charge in [0.1, 0.15) is 0 Å². The molecule has 2 N–H and O–H groups in total. The molecule has 2 nitrogen and oxygen atoms in total. The van der Waals surface area contributed by atoms with Crippen LogP contribution in [-0.2, 0) is 11.2 Å². The zero-order chi connectivity index (χ0) is 12.1. The van der Waals surface area contributed by atoms with E-state index in [1.165, 1.54) is 0 Å². The zero-order valence-corrected chi connectivity index (χ0v) is 11.5. The molecule has 16 heavy (non-hydrogen) atoms. The number of ketones is 1. The lowest BCUT2D eigenvalue weighted by atomic mass is 10.0. The molecule has 0 aromatic heterocycles. The average molecular weight is 305 g/mol. The Morgan fingerprint density at radius 2 is 2.25 bits per heavy atom. The lowest BCUT2D eigenvalue weighted by molar-refractivity contribution is -0.119. The first-order valence-corrected chi connectivity index (χ1v) is 6.44. The number of hydrogen-bond donors (Lipinski definition) is 1. The lowest BCUT2D eigenvalue weighted by Gasteiger charge is -2.10. The molecule has 1 atom stereocenters. The fourth-order valence-corrected chi connectivity index (χ4v) is 2.20. The molecule has 1 rings (SSSR count). The highest BCUT2D eigenvalue weighted by Crippen LogP contribution is 2.22. The minimum Gasteiger partial charge on any atom is -0.321 e. The molecule has 0 bridgehead atoms. The first kappa shape index (κ1) is 13.7. The molecule has 0 aliphatic carbocycles. The van der Waals surface area contributed by atoms with Crippen LogP contribution in [-0.4, -0.2) is 11.8 Å². The van der Waals surface area contributed by atoms with Crippen molar-refractivity contribution in [3.05, 3.63) is 33.3 Å². The van der Waals surface area contributed by atoms with Gasteiger partial charge in [-0.3, -0.25) is 4.79 Å². The largest absolute Gasteiger partial charge is 0.321 e. The summed E-state index contributed by atoms with van der Waals surface area (Å²) in [5.74, 6) is 0.0473. The summed E-state index contributed by atoms with van der Waals surface area (Å²) in [6, 6.07) is 5.14. The summed E-state index contributed by atoms with van der Waals surface area (Å²) in [7, 11) is 0. The maximum absolute atomic E-state index is 11.7. The lowest BCUT2D eigenvalue weighted by Crippen LogP contribution is -2.31. The van der Waals surface area contributed by atoms with E-state index >= 15 is 0 Å². The van der Waals surface area contributed by atoms with Crippen molar-refractivity contribution in [2.75, 3.05) is 0 Å². The Hall–Kier alpha value is -0.380. The van der Waals surface area contributed by atoms with Crippen LogP contribution in [0.1, 0.15) is 25.3 Å². The maximum atomic E-state index is 11.7. The number of benzene rings is 1. The summed E-state index contributed by atoms with van der Waals surface area (Å²) in [4.78, 5) is 11.7. The van der Waals surface area contributed by atoms with Crippen LogP contribution in [0, 0.1) is 0 Å². The molecule has 0 radical (unpaired) electrons. The number of carbonyl (C=O) groups is 1. The summed E-state index contributed by atoms with van der Waals surface area (Å²) in [6.07, 6.45) is 1.96. The van der Waals surface area contributed by atoms with Crippen LogP contribution in [0.25, 0.3) is 0 Å². The van der Waals surface area contributed by atoms with Gasteiger partial charge in [0, 0.05) is 15.9 Å². The third-order valence-electron chi connectivity index (χ3n) is 2.39. The summed E-state index contributed by atoms with van der Waals surface area (Å²) >= 11 is 9.35. The fraction of sp³-hybridized carbons (Fsp3) is 0.417. The topological polar surface area (TPSA) is 43.1 Å². The van der Waals surface area contributed by atoms with E-state index in [2.05, 4.69) is 15.9 Å². The van der Waals surface area contributed by atoms with Crippen molar-refractivity contribution in [3.63, 3.8) is 0 Å². The van der Waals surface area contributed by atoms with Gasteiger partial charge in [0.15, 0.2) is 5.78 Å². The van der Waals surface area contributed by atoms with E-state index in [-0.39, 0.29) is 11.8 Å². The van der Waals surface area contributed by atoms with Gasteiger partial charge in [-0.1, -0.05) is 46.9 Å². The molecule has 0 amide bonds. The second-order valence-electron chi connectivity index (χ2n) is 3.77. The molecule has 0 fully saturated rings. The Labute approximate surface area is 109 Å².